The zero-order chi connectivity index (χ0) is 18.0. The molecular weight excluding hydrogens is 316 g/mol. The lowest BCUT2D eigenvalue weighted by atomic mass is 9.91. The zero-order valence-corrected chi connectivity index (χ0v) is 15.2. The minimum Gasteiger partial charge on any atom is -0.493 e. The van der Waals surface area contributed by atoms with E-state index in [-0.39, 0.29) is 12.2 Å². The van der Waals surface area contributed by atoms with E-state index in [4.69, 9.17) is 10.5 Å². The molecule has 136 valence electrons. The highest BCUT2D eigenvalue weighted by atomic mass is 16.5. The molecule has 25 heavy (non-hydrogen) atoms. The summed E-state index contributed by atoms with van der Waals surface area (Å²) in [4.78, 5) is 28.6. The van der Waals surface area contributed by atoms with Crippen LogP contribution < -0.4 is 10.5 Å². The Kier molecular flexibility index (Phi) is 5.40. The van der Waals surface area contributed by atoms with Crippen molar-refractivity contribution >= 4 is 11.7 Å². The average Bonchev–Trinajstić information content (AvgIpc) is 3.45. The standard InChI is InChI=1S/C20H28N2O3/c1-12(2)7-15(20(21)24)8-18(23)17-9-19(25-11-13-3-4-13)16(10-22-17)14-5-6-14/h9-10,12-15H,3-8,11H2,1-2H3,(H2,21,24)/t15-/m1/s1. The van der Waals surface area contributed by atoms with Gasteiger partial charge >= 0.3 is 0 Å². The molecule has 5 heteroatoms. The number of rotatable bonds is 10. The van der Waals surface area contributed by atoms with Gasteiger partial charge in [0.05, 0.1) is 6.61 Å². The molecule has 0 aliphatic heterocycles. The van der Waals surface area contributed by atoms with E-state index in [9.17, 15) is 9.59 Å². The molecule has 0 saturated heterocycles. The topological polar surface area (TPSA) is 82.3 Å². The average molecular weight is 344 g/mol. The number of aromatic nitrogens is 1. The van der Waals surface area contributed by atoms with Crippen molar-refractivity contribution in [2.75, 3.05) is 6.61 Å². The molecule has 0 spiro atoms. The van der Waals surface area contributed by atoms with E-state index in [1.165, 1.54) is 12.8 Å². The van der Waals surface area contributed by atoms with Gasteiger partial charge in [-0.2, -0.15) is 0 Å². The van der Waals surface area contributed by atoms with Crippen LogP contribution in [-0.2, 0) is 4.79 Å². The van der Waals surface area contributed by atoms with E-state index in [1.807, 2.05) is 13.8 Å². The lowest BCUT2D eigenvalue weighted by molar-refractivity contribution is -0.122. The van der Waals surface area contributed by atoms with Gasteiger partial charge in [-0.25, -0.2) is 0 Å². The third-order valence-electron chi connectivity index (χ3n) is 4.96. The molecule has 1 amide bonds. The van der Waals surface area contributed by atoms with Crippen LogP contribution in [-0.4, -0.2) is 23.3 Å². The highest BCUT2D eigenvalue weighted by molar-refractivity contribution is 5.97. The predicted molar refractivity (Wildman–Crippen MR) is 95.5 cm³/mol. The molecular formula is C20H28N2O3. The van der Waals surface area contributed by atoms with E-state index in [0.29, 0.717) is 36.5 Å². The van der Waals surface area contributed by atoms with Gasteiger partial charge in [0, 0.05) is 30.2 Å². The van der Waals surface area contributed by atoms with Gasteiger partial charge in [0.15, 0.2) is 5.78 Å². The van der Waals surface area contributed by atoms with Crippen LogP contribution in [0, 0.1) is 17.8 Å². The SMILES string of the molecule is CC(C)C[C@H](CC(=O)c1cc(OCC2CC2)c(C2CC2)cn1)C(N)=O. The fourth-order valence-corrected chi connectivity index (χ4v) is 3.12. The molecule has 0 unspecified atom stereocenters. The molecule has 0 aromatic carbocycles. The van der Waals surface area contributed by atoms with Crippen LogP contribution in [0.4, 0.5) is 0 Å². The predicted octanol–water partition coefficient (Wildman–Crippen LogP) is 3.47. The van der Waals surface area contributed by atoms with Crippen LogP contribution in [0.25, 0.3) is 0 Å². The highest BCUT2D eigenvalue weighted by Crippen LogP contribution is 2.44. The van der Waals surface area contributed by atoms with Gasteiger partial charge in [0.2, 0.25) is 5.91 Å². The maximum Gasteiger partial charge on any atom is 0.220 e. The summed E-state index contributed by atoms with van der Waals surface area (Å²) in [5, 5.41) is 0. The largest absolute Gasteiger partial charge is 0.493 e. The van der Waals surface area contributed by atoms with Gasteiger partial charge in [-0.3, -0.25) is 14.6 Å². The molecule has 2 aliphatic carbocycles. The van der Waals surface area contributed by atoms with Gasteiger partial charge in [-0.05, 0) is 49.9 Å². The van der Waals surface area contributed by atoms with E-state index >= 15 is 0 Å². The van der Waals surface area contributed by atoms with Crippen LogP contribution in [0.1, 0.15) is 74.3 Å². The van der Waals surface area contributed by atoms with Crippen LogP contribution in [0.15, 0.2) is 12.3 Å². The Morgan fingerprint density at radius 2 is 2.00 bits per heavy atom. The fraction of sp³-hybridized carbons (Fsp3) is 0.650. The normalized spacial score (nSPS) is 18.2. The maximum atomic E-state index is 12.6. The monoisotopic (exact) mass is 344 g/mol. The first-order valence-electron chi connectivity index (χ1n) is 9.39. The minimum atomic E-state index is -0.437. The Balaban J connectivity index is 1.72. The van der Waals surface area contributed by atoms with Crippen molar-refractivity contribution in [2.45, 2.75) is 58.3 Å². The molecule has 1 aromatic rings. The fourth-order valence-electron chi connectivity index (χ4n) is 3.12. The van der Waals surface area contributed by atoms with Crippen molar-refractivity contribution < 1.29 is 14.3 Å². The quantitative estimate of drug-likeness (QED) is 0.659. The number of hydrogen-bond donors (Lipinski definition) is 1. The van der Waals surface area contributed by atoms with E-state index in [1.54, 1.807) is 12.3 Å². The Morgan fingerprint density at radius 1 is 1.28 bits per heavy atom. The molecule has 5 nitrogen and oxygen atoms in total. The molecule has 0 bridgehead atoms. The first-order valence-corrected chi connectivity index (χ1v) is 9.39. The molecule has 2 fully saturated rings. The number of ether oxygens (including phenoxy) is 1. The highest BCUT2D eigenvalue weighted by Gasteiger charge is 2.30. The number of carbonyl (C=O) groups excluding carboxylic acids is 2. The second-order valence-corrected chi connectivity index (χ2v) is 7.99. The third kappa shape index (κ3) is 5.03. The van der Waals surface area contributed by atoms with Crippen molar-refractivity contribution in [2.24, 2.45) is 23.5 Å². The summed E-state index contributed by atoms with van der Waals surface area (Å²) in [6.45, 7) is 4.76. The van der Waals surface area contributed by atoms with Crippen molar-refractivity contribution in [3.05, 3.63) is 23.5 Å². The van der Waals surface area contributed by atoms with Gasteiger partial charge in [-0.15, -0.1) is 0 Å². The van der Waals surface area contributed by atoms with Crippen LogP contribution in [0.2, 0.25) is 0 Å². The van der Waals surface area contributed by atoms with Crippen molar-refractivity contribution in [3.63, 3.8) is 0 Å². The number of nitrogens with two attached hydrogens (primary N) is 1. The summed E-state index contributed by atoms with van der Waals surface area (Å²) in [5.74, 6) is 1.30. The van der Waals surface area contributed by atoms with Gasteiger partial charge < -0.3 is 10.5 Å². The summed E-state index contributed by atoms with van der Waals surface area (Å²) in [5.41, 5.74) is 6.96. The molecule has 2 saturated carbocycles. The first kappa shape index (κ1) is 17.9. The van der Waals surface area contributed by atoms with Crippen LogP contribution >= 0.6 is 0 Å². The summed E-state index contributed by atoms with van der Waals surface area (Å²) in [6.07, 6.45) is 7.29. The van der Waals surface area contributed by atoms with E-state index in [0.717, 1.165) is 24.2 Å². The van der Waals surface area contributed by atoms with Crippen LogP contribution in [0.3, 0.4) is 0 Å². The number of pyridine rings is 1. The molecule has 1 heterocycles. The second kappa shape index (κ2) is 7.54. The van der Waals surface area contributed by atoms with E-state index < -0.39 is 11.8 Å². The number of Topliss-reactive ketones (excluding diaryl/α,β-unsaturated/α-hetero) is 1. The summed E-state index contributed by atoms with van der Waals surface area (Å²) in [7, 11) is 0. The van der Waals surface area contributed by atoms with Crippen molar-refractivity contribution in [1.82, 2.24) is 4.98 Å². The summed E-state index contributed by atoms with van der Waals surface area (Å²) >= 11 is 0. The minimum absolute atomic E-state index is 0.116. The Labute approximate surface area is 149 Å². The van der Waals surface area contributed by atoms with Crippen LogP contribution in [0.5, 0.6) is 5.75 Å². The smallest absolute Gasteiger partial charge is 0.220 e. The molecule has 1 aromatic heterocycles. The zero-order valence-electron chi connectivity index (χ0n) is 15.2. The first-order chi connectivity index (χ1) is 11.9. The second-order valence-electron chi connectivity index (χ2n) is 7.99. The van der Waals surface area contributed by atoms with E-state index in [2.05, 4.69) is 4.98 Å². The Bertz CT molecular complexity index is 648. The number of carbonyl (C=O) groups is 2. The van der Waals surface area contributed by atoms with Gasteiger partial charge in [0.25, 0.3) is 0 Å². The van der Waals surface area contributed by atoms with Gasteiger partial charge in [-0.1, -0.05) is 13.8 Å². The molecule has 0 radical (unpaired) electrons. The van der Waals surface area contributed by atoms with Crippen molar-refractivity contribution in [1.29, 1.82) is 0 Å². The Morgan fingerprint density at radius 3 is 2.56 bits per heavy atom. The number of amides is 1. The number of ketones is 1. The summed E-state index contributed by atoms with van der Waals surface area (Å²) < 4.78 is 5.99. The van der Waals surface area contributed by atoms with Crippen molar-refractivity contribution in [3.8, 4) is 5.75 Å². The molecule has 2 N–H and O–H groups in total. The number of nitrogens with zero attached hydrogens (tertiary/aromatic N) is 1. The lowest BCUT2D eigenvalue weighted by Gasteiger charge is -2.15. The third-order valence-corrected chi connectivity index (χ3v) is 4.96. The number of primary amides is 1. The summed E-state index contributed by atoms with van der Waals surface area (Å²) in [6, 6.07) is 1.77. The molecule has 2 aliphatic rings. The molecule has 3 rings (SSSR count). The Hall–Kier alpha value is -1.91. The molecule has 1 atom stereocenters. The van der Waals surface area contributed by atoms with Gasteiger partial charge in [0.1, 0.15) is 11.4 Å². The maximum absolute atomic E-state index is 12.6. The number of hydrogen-bond acceptors (Lipinski definition) is 4. The lowest BCUT2D eigenvalue weighted by Crippen LogP contribution is -2.27.